The van der Waals surface area contributed by atoms with Crippen LogP contribution in [-0.2, 0) is 0 Å². The van der Waals surface area contributed by atoms with Crippen LogP contribution in [0.2, 0.25) is 0 Å². The first-order valence-corrected chi connectivity index (χ1v) is 5.31. The zero-order chi connectivity index (χ0) is 11.3. The van der Waals surface area contributed by atoms with Crippen LogP contribution in [0.15, 0.2) is 22.7 Å². The molecule has 0 aliphatic rings. The molecule has 4 nitrogen and oxygen atoms in total. The van der Waals surface area contributed by atoms with E-state index in [0.717, 1.165) is 4.47 Å². The lowest BCUT2D eigenvalue weighted by atomic mass is 10.3. The van der Waals surface area contributed by atoms with Crippen molar-refractivity contribution in [2.75, 3.05) is 20.3 Å². The van der Waals surface area contributed by atoms with Gasteiger partial charge in [-0.3, -0.25) is 0 Å². The number of halogens is 1. The highest BCUT2D eigenvalue weighted by Gasteiger charge is 2.07. The second-order valence-corrected chi connectivity index (χ2v) is 3.91. The molecule has 0 spiro atoms. The maximum atomic E-state index is 9.24. The van der Waals surface area contributed by atoms with Gasteiger partial charge in [-0.2, -0.15) is 0 Å². The van der Waals surface area contributed by atoms with Gasteiger partial charge in [-0.15, -0.1) is 0 Å². The molecule has 1 unspecified atom stereocenters. The minimum absolute atomic E-state index is 0.161. The lowest BCUT2D eigenvalue weighted by molar-refractivity contribution is 0.112. The van der Waals surface area contributed by atoms with Crippen LogP contribution >= 0.6 is 15.9 Å². The van der Waals surface area contributed by atoms with E-state index < -0.39 is 6.10 Å². The van der Waals surface area contributed by atoms with Gasteiger partial charge in [0.05, 0.1) is 7.11 Å². The van der Waals surface area contributed by atoms with Crippen molar-refractivity contribution < 1.29 is 14.6 Å². The third-order valence-electron chi connectivity index (χ3n) is 1.83. The Labute approximate surface area is 97.1 Å². The molecule has 0 aromatic heterocycles. The number of nitrogens with two attached hydrogens (primary N) is 1. The van der Waals surface area contributed by atoms with Crippen LogP contribution in [0.1, 0.15) is 0 Å². The normalized spacial score (nSPS) is 12.3. The average Bonchev–Trinajstić information content (AvgIpc) is 2.26. The summed E-state index contributed by atoms with van der Waals surface area (Å²) in [4.78, 5) is 0. The topological polar surface area (TPSA) is 64.7 Å². The zero-order valence-corrected chi connectivity index (χ0v) is 10.0. The van der Waals surface area contributed by atoms with Crippen molar-refractivity contribution in [1.29, 1.82) is 0 Å². The van der Waals surface area contributed by atoms with Gasteiger partial charge in [0.25, 0.3) is 0 Å². The van der Waals surface area contributed by atoms with Crippen molar-refractivity contribution in [3.05, 3.63) is 22.7 Å². The van der Waals surface area contributed by atoms with Crippen molar-refractivity contribution in [3.8, 4) is 11.5 Å². The Morgan fingerprint density at radius 2 is 2.20 bits per heavy atom. The minimum atomic E-state index is -0.654. The molecule has 0 heterocycles. The van der Waals surface area contributed by atoms with E-state index in [4.69, 9.17) is 15.2 Å². The van der Waals surface area contributed by atoms with Crippen LogP contribution in [-0.4, -0.2) is 31.5 Å². The predicted molar refractivity (Wildman–Crippen MR) is 61.3 cm³/mol. The Morgan fingerprint density at radius 3 is 2.80 bits per heavy atom. The zero-order valence-electron chi connectivity index (χ0n) is 8.44. The molecule has 0 saturated carbocycles. The second-order valence-electron chi connectivity index (χ2n) is 3.00. The van der Waals surface area contributed by atoms with Gasteiger partial charge in [0.1, 0.15) is 12.7 Å². The highest BCUT2D eigenvalue weighted by molar-refractivity contribution is 9.10. The van der Waals surface area contributed by atoms with E-state index in [1.165, 1.54) is 0 Å². The van der Waals surface area contributed by atoms with Crippen LogP contribution in [0.25, 0.3) is 0 Å². The number of methoxy groups -OCH3 is 1. The number of hydrogen-bond acceptors (Lipinski definition) is 4. The summed E-state index contributed by atoms with van der Waals surface area (Å²) < 4.78 is 11.4. The quantitative estimate of drug-likeness (QED) is 0.847. The van der Waals surface area contributed by atoms with Crippen molar-refractivity contribution in [3.63, 3.8) is 0 Å². The molecule has 1 aromatic carbocycles. The van der Waals surface area contributed by atoms with Crippen LogP contribution in [0.5, 0.6) is 11.5 Å². The van der Waals surface area contributed by atoms with Gasteiger partial charge in [0.2, 0.25) is 0 Å². The van der Waals surface area contributed by atoms with Gasteiger partial charge in [-0.1, -0.05) is 15.9 Å². The second kappa shape index (κ2) is 5.95. The first-order chi connectivity index (χ1) is 7.17. The van der Waals surface area contributed by atoms with Gasteiger partial charge in [-0.05, 0) is 18.2 Å². The van der Waals surface area contributed by atoms with E-state index in [1.54, 1.807) is 19.2 Å². The Hall–Kier alpha value is -0.780. The highest BCUT2D eigenvalue weighted by Crippen LogP contribution is 2.30. The Balaban J connectivity index is 2.67. The predicted octanol–water partition coefficient (Wildman–Crippen LogP) is 1.16. The molecule has 15 heavy (non-hydrogen) atoms. The van der Waals surface area contributed by atoms with Gasteiger partial charge >= 0.3 is 0 Å². The number of ether oxygens (including phenoxy) is 2. The van der Waals surface area contributed by atoms with Gasteiger partial charge in [-0.25, -0.2) is 0 Å². The minimum Gasteiger partial charge on any atom is -0.493 e. The Kier molecular flexibility index (Phi) is 4.87. The van der Waals surface area contributed by atoms with E-state index in [-0.39, 0.29) is 13.2 Å². The molecule has 1 aromatic rings. The third-order valence-corrected chi connectivity index (χ3v) is 2.32. The van der Waals surface area contributed by atoms with Crippen molar-refractivity contribution in [2.45, 2.75) is 6.10 Å². The first kappa shape index (κ1) is 12.3. The fourth-order valence-corrected chi connectivity index (χ4v) is 1.35. The van der Waals surface area contributed by atoms with Crippen LogP contribution in [0.3, 0.4) is 0 Å². The molecular formula is C10H14BrNO3. The molecule has 5 heteroatoms. The summed E-state index contributed by atoms with van der Waals surface area (Å²) in [7, 11) is 1.56. The maximum absolute atomic E-state index is 9.24. The highest BCUT2D eigenvalue weighted by atomic mass is 79.9. The van der Waals surface area contributed by atoms with Crippen LogP contribution in [0, 0.1) is 0 Å². The SMILES string of the molecule is COc1cc(Br)ccc1OCC(O)CN. The monoisotopic (exact) mass is 275 g/mol. The van der Waals surface area contributed by atoms with Crippen molar-refractivity contribution in [2.24, 2.45) is 5.73 Å². The first-order valence-electron chi connectivity index (χ1n) is 4.52. The molecule has 0 aliphatic heterocycles. The Morgan fingerprint density at radius 1 is 1.47 bits per heavy atom. The van der Waals surface area contributed by atoms with E-state index >= 15 is 0 Å². The summed E-state index contributed by atoms with van der Waals surface area (Å²) in [5, 5.41) is 9.24. The molecule has 0 radical (unpaired) electrons. The summed E-state index contributed by atoms with van der Waals surface area (Å²) in [6.45, 7) is 0.341. The van der Waals surface area contributed by atoms with Crippen LogP contribution < -0.4 is 15.2 Å². The smallest absolute Gasteiger partial charge is 0.161 e. The standard InChI is InChI=1S/C10H14BrNO3/c1-14-10-4-7(11)2-3-9(10)15-6-8(13)5-12/h2-4,8,13H,5-6,12H2,1H3. The van der Waals surface area contributed by atoms with Crippen molar-refractivity contribution in [1.82, 2.24) is 0 Å². The van der Waals surface area contributed by atoms with E-state index in [1.807, 2.05) is 6.07 Å². The third kappa shape index (κ3) is 3.70. The van der Waals surface area contributed by atoms with Gasteiger partial charge in [0.15, 0.2) is 11.5 Å². The molecule has 84 valence electrons. The van der Waals surface area contributed by atoms with E-state index in [9.17, 15) is 5.11 Å². The lowest BCUT2D eigenvalue weighted by Crippen LogP contribution is -2.26. The molecule has 1 rings (SSSR count). The summed E-state index contributed by atoms with van der Waals surface area (Å²) in [5.74, 6) is 1.21. The number of aliphatic hydroxyl groups excluding tert-OH is 1. The fraction of sp³-hybridized carbons (Fsp3) is 0.400. The molecule has 3 N–H and O–H groups in total. The van der Waals surface area contributed by atoms with Crippen molar-refractivity contribution >= 4 is 15.9 Å². The van der Waals surface area contributed by atoms with E-state index in [0.29, 0.717) is 11.5 Å². The summed E-state index contributed by atoms with van der Waals surface area (Å²) in [6.07, 6.45) is -0.654. The number of benzene rings is 1. The summed E-state index contributed by atoms with van der Waals surface area (Å²) >= 11 is 3.33. The number of aliphatic hydroxyl groups is 1. The maximum Gasteiger partial charge on any atom is 0.161 e. The number of rotatable bonds is 5. The summed E-state index contributed by atoms with van der Waals surface area (Å²) in [6, 6.07) is 5.41. The lowest BCUT2D eigenvalue weighted by Gasteiger charge is -2.13. The molecule has 0 bridgehead atoms. The molecule has 0 aliphatic carbocycles. The molecule has 0 fully saturated rings. The molecule has 1 atom stereocenters. The molecule has 0 amide bonds. The number of hydrogen-bond donors (Lipinski definition) is 2. The summed E-state index contributed by atoms with van der Waals surface area (Å²) in [5.41, 5.74) is 5.26. The van der Waals surface area contributed by atoms with Gasteiger partial charge < -0.3 is 20.3 Å². The average molecular weight is 276 g/mol. The fourth-order valence-electron chi connectivity index (χ4n) is 1.01. The molecule has 0 saturated heterocycles. The van der Waals surface area contributed by atoms with Crippen LogP contribution in [0.4, 0.5) is 0 Å². The van der Waals surface area contributed by atoms with E-state index in [2.05, 4.69) is 15.9 Å². The van der Waals surface area contributed by atoms with Gasteiger partial charge in [0, 0.05) is 11.0 Å². The largest absolute Gasteiger partial charge is 0.493 e. The Bertz CT molecular complexity index is 320. The molecular weight excluding hydrogens is 262 g/mol.